The minimum Gasteiger partial charge on any atom is -0.492 e. The van der Waals surface area contributed by atoms with Crippen LogP contribution in [0.3, 0.4) is 0 Å². The van der Waals surface area contributed by atoms with Gasteiger partial charge in [-0.3, -0.25) is 4.79 Å². The number of benzene rings is 1. The molecule has 0 atom stereocenters. The zero-order valence-corrected chi connectivity index (χ0v) is 14.7. The van der Waals surface area contributed by atoms with E-state index in [0.29, 0.717) is 39.3 Å². The number of carbonyl (C=O) groups excluding carboxylic acids is 1. The summed E-state index contributed by atoms with van der Waals surface area (Å²) in [4.78, 5) is 14.2. The summed E-state index contributed by atoms with van der Waals surface area (Å²) in [6, 6.07) is 7.73. The van der Waals surface area contributed by atoms with E-state index in [1.807, 2.05) is 29.2 Å². The monoisotopic (exact) mass is 383 g/mol. The van der Waals surface area contributed by atoms with Crippen molar-refractivity contribution in [1.29, 1.82) is 0 Å². The molecular formula is C17H22BrNO4. The molecule has 2 saturated heterocycles. The summed E-state index contributed by atoms with van der Waals surface area (Å²) in [5.74, 6) is 0.586. The van der Waals surface area contributed by atoms with Crippen molar-refractivity contribution in [3.8, 4) is 5.75 Å². The molecule has 0 aliphatic carbocycles. The Bertz CT molecular complexity index is 535. The lowest BCUT2D eigenvalue weighted by molar-refractivity contribution is -0.187. The Morgan fingerprint density at radius 1 is 1.22 bits per heavy atom. The first kappa shape index (κ1) is 16.7. The van der Waals surface area contributed by atoms with Crippen molar-refractivity contribution in [3.05, 3.63) is 28.7 Å². The van der Waals surface area contributed by atoms with Gasteiger partial charge in [-0.25, -0.2) is 0 Å². The van der Waals surface area contributed by atoms with E-state index in [2.05, 4.69) is 15.9 Å². The number of piperidine rings is 1. The molecule has 0 saturated carbocycles. The lowest BCUT2D eigenvalue weighted by Crippen LogP contribution is -2.47. The van der Waals surface area contributed by atoms with Crippen LogP contribution in [0, 0.1) is 0 Å². The van der Waals surface area contributed by atoms with Gasteiger partial charge >= 0.3 is 0 Å². The second-order valence-electron chi connectivity index (χ2n) is 5.87. The summed E-state index contributed by atoms with van der Waals surface area (Å²) in [7, 11) is 0. The Balaban J connectivity index is 1.36. The fraction of sp³-hybridized carbons (Fsp3) is 0.588. The fourth-order valence-electron chi connectivity index (χ4n) is 3.01. The molecule has 2 aliphatic heterocycles. The predicted octanol–water partition coefficient (Wildman–Crippen LogP) is 2.97. The van der Waals surface area contributed by atoms with Gasteiger partial charge in [0.1, 0.15) is 5.75 Å². The van der Waals surface area contributed by atoms with Crippen molar-refractivity contribution in [1.82, 2.24) is 4.90 Å². The summed E-state index contributed by atoms with van der Waals surface area (Å²) in [5.41, 5.74) is 0. The quantitative estimate of drug-likeness (QED) is 0.733. The van der Waals surface area contributed by atoms with E-state index in [-0.39, 0.29) is 5.91 Å². The second kappa shape index (κ2) is 7.64. The maximum absolute atomic E-state index is 12.3. The molecule has 0 aromatic heterocycles. The molecule has 1 aromatic rings. The molecular weight excluding hydrogens is 362 g/mol. The van der Waals surface area contributed by atoms with Crippen LogP contribution < -0.4 is 4.74 Å². The molecule has 2 fully saturated rings. The van der Waals surface area contributed by atoms with Gasteiger partial charge in [0, 0.05) is 32.4 Å². The fourth-order valence-corrected chi connectivity index (χ4v) is 3.41. The number of carbonyl (C=O) groups is 1. The highest BCUT2D eigenvalue weighted by molar-refractivity contribution is 9.10. The Morgan fingerprint density at radius 3 is 2.61 bits per heavy atom. The first-order chi connectivity index (χ1) is 11.2. The van der Waals surface area contributed by atoms with Crippen LogP contribution in [-0.2, 0) is 14.3 Å². The Hall–Kier alpha value is -1.11. The number of rotatable bonds is 5. The van der Waals surface area contributed by atoms with Crippen LogP contribution in [0.5, 0.6) is 5.75 Å². The third kappa shape index (κ3) is 4.25. The summed E-state index contributed by atoms with van der Waals surface area (Å²) in [6.45, 7) is 3.30. The molecule has 0 unspecified atom stereocenters. The van der Waals surface area contributed by atoms with Gasteiger partial charge < -0.3 is 19.1 Å². The van der Waals surface area contributed by atoms with Crippen molar-refractivity contribution in [3.63, 3.8) is 0 Å². The van der Waals surface area contributed by atoms with Crippen molar-refractivity contribution in [2.24, 2.45) is 0 Å². The molecule has 0 bridgehead atoms. The minimum absolute atomic E-state index is 0.188. The molecule has 1 amide bonds. The van der Waals surface area contributed by atoms with Crippen molar-refractivity contribution in [2.75, 3.05) is 32.9 Å². The highest BCUT2D eigenvalue weighted by Crippen LogP contribution is 2.31. The third-order valence-corrected chi connectivity index (χ3v) is 4.98. The maximum Gasteiger partial charge on any atom is 0.222 e. The molecule has 6 heteroatoms. The van der Waals surface area contributed by atoms with E-state index in [4.69, 9.17) is 14.2 Å². The highest BCUT2D eigenvalue weighted by atomic mass is 79.9. The maximum atomic E-state index is 12.3. The van der Waals surface area contributed by atoms with Crippen LogP contribution in [0.1, 0.15) is 25.7 Å². The number of hydrogen-bond donors (Lipinski definition) is 0. The van der Waals surface area contributed by atoms with Gasteiger partial charge in [0.05, 0.1) is 24.3 Å². The molecule has 23 heavy (non-hydrogen) atoms. The van der Waals surface area contributed by atoms with E-state index < -0.39 is 5.79 Å². The van der Waals surface area contributed by atoms with E-state index in [0.717, 1.165) is 29.5 Å². The zero-order chi connectivity index (χ0) is 16.1. The molecule has 0 radical (unpaired) electrons. The van der Waals surface area contributed by atoms with Gasteiger partial charge in [-0.15, -0.1) is 0 Å². The average molecular weight is 384 g/mol. The van der Waals surface area contributed by atoms with Crippen LogP contribution >= 0.6 is 15.9 Å². The van der Waals surface area contributed by atoms with Gasteiger partial charge in [0.2, 0.25) is 5.91 Å². The number of hydrogen-bond acceptors (Lipinski definition) is 4. The minimum atomic E-state index is -0.417. The zero-order valence-electron chi connectivity index (χ0n) is 13.1. The highest BCUT2D eigenvalue weighted by Gasteiger charge is 2.40. The van der Waals surface area contributed by atoms with Crippen LogP contribution in [0.4, 0.5) is 0 Å². The van der Waals surface area contributed by atoms with Gasteiger partial charge in [-0.1, -0.05) is 12.1 Å². The summed E-state index contributed by atoms with van der Waals surface area (Å²) in [5, 5.41) is 0. The topological polar surface area (TPSA) is 48.0 Å². The summed E-state index contributed by atoms with van der Waals surface area (Å²) in [6.07, 6.45) is 2.77. The molecule has 1 aromatic carbocycles. The second-order valence-corrected chi connectivity index (χ2v) is 6.73. The Morgan fingerprint density at radius 2 is 1.91 bits per heavy atom. The Labute approximate surface area is 145 Å². The number of nitrogens with zero attached hydrogens (tertiary/aromatic N) is 1. The van der Waals surface area contributed by atoms with E-state index >= 15 is 0 Å². The predicted molar refractivity (Wildman–Crippen MR) is 89.3 cm³/mol. The van der Waals surface area contributed by atoms with Crippen LogP contribution in [0.25, 0.3) is 0 Å². The third-order valence-electron chi connectivity index (χ3n) is 4.32. The number of likely N-dealkylation sites (tertiary alicyclic amines) is 1. The van der Waals surface area contributed by atoms with Gasteiger partial charge in [-0.2, -0.15) is 0 Å². The summed E-state index contributed by atoms with van der Waals surface area (Å²) < 4.78 is 18.0. The number of ether oxygens (including phenoxy) is 3. The smallest absolute Gasteiger partial charge is 0.222 e. The van der Waals surface area contributed by atoms with Gasteiger partial charge in [-0.05, 0) is 34.5 Å². The van der Waals surface area contributed by atoms with Crippen LogP contribution in [0.2, 0.25) is 0 Å². The van der Waals surface area contributed by atoms with Crippen molar-refractivity contribution in [2.45, 2.75) is 31.5 Å². The average Bonchev–Trinajstić information content (AvgIpc) is 3.02. The van der Waals surface area contributed by atoms with E-state index in [1.54, 1.807) is 0 Å². The van der Waals surface area contributed by atoms with Crippen molar-refractivity contribution >= 4 is 21.8 Å². The number of halogens is 1. The number of amides is 1. The normalized spacial score (nSPS) is 20.0. The standard InChI is InChI=1S/C17H22BrNO4/c18-14-4-1-2-5-15(14)21-11-3-6-16(20)19-9-7-17(8-10-19)22-12-13-23-17/h1-2,4-5H,3,6-13H2. The molecule has 126 valence electrons. The van der Waals surface area contributed by atoms with Crippen LogP contribution in [0.15, 0.2) is 28.7 Å². The van der Waals surface area contributed by atoms with Gasteiger partial charge in [0.25, 0.3) is 0 Å². The lowest BCUT2D eigenvalue weighted by Gasteiger charge is -2.37. The molecule has 3 rings (SSSR count). The first-order valence-electron chi connectivity index (χ1n) is 8.12. The molecule has 0 N–H and O–H groups in total. The number of para-hydroxylation sites is 1. The van der Waals surface area contributed by atoms with Gasteiger partial charge in [0.15, 0.2) is 5.79 Å². The molecule has 1 spiro atoms. The summed E-state index contributed by atoms with van der Waals surface area (Å²) >= 11 is 3.45. The first-order valence-corrected chi connectivity index (χ1v) is 8.91. The van der Waals surface area contributed by atoms with Crippen LogP contribution in [-0.4, -0.2) is 49.5 Å². The molecule has 2 aliphatic rings. The van der Waals surface area contributed by atoms with E-state index in [1.165, 1.54) is 0 Å². The van der Waals surface area contributed by atoms with E-state index in [9.17, 15) is 4.79 Å². The van der Waals surface area contributed by atoms with Crippen molar-refractivity contribution < 1.29 is 19.0 Å². The molecule has 5 nitrogen and oxygen atoms in total. The lowest BCUT2D eigenvalue weighted by atomic mass is 10.0. The SMILES string of the molecule is O=C(CCCOc1ccccc1Br)N1CCC2(CC1)OCCO2. The molecule has 2 heterocycles. The largest absolute Gasteiger partial charge is 0.492 e. The Kier molecular flexibility index (Phi) is 5.56.